The minimum absolute atomic E-state index is 0.0848. The van der Waals surface area contributed by atoms with E-state index in [2.05, 4.69) is 5.32 Å². The molecule has 144 valence electrons. The maximum Gasteiger partial charge on any atom is 0.304 e. The van der Waals surface area contributed by atoms with E-state index < -0.39 is 5.97 Å². The van der Waals surface area contributed by atoms with E-state index in [1.54, 1.807) is 30.3 Å². The highest BCUT2D eigenvalue weighted by molar-refractivity contribution is 6.24. The number of carboxylic acids is 1. The van der Waals surface area contributed by atoms with Gasteiger partial charge in [0.2, 0.25) is 0 Å². The van der Waals surface area contributed by atoms with Crippen LogP contribution in [0.2, 0.25) is 0 Å². The first-order valence-corrected chi connectivity index (χ1v) is 9.38. The Hall–Kier alpha value is -3.73. The molecule has 0 bridgehead atoms. The van der Waals surface area contributed by atoms with Crippen LogP contribution in [0.4, 0.5) is 0 Å². The zero-order chi connectivity index (χ0) is 20.4. The summed E-state index contributed by atoms with van der Waals surface area (Å²) in [7, 11) is 0. The molecule has 1 aliphatic rings. The van der Waals surface area contributed by atoms with Crippen molar-refractivity contribution in [2.24, 2.45) is 0 Å². The summed E-state index contributed by atoms with van der Waals surface area (Å²) in [5.74, 6) is -1.67. The fraction of sp³-hybridized carbons (Fsp3) is 0.125. The van der Waals surface area contributed by atoms with E-state index in [1.165, 1.54) is 0 Å². The van der Waals surface area contributed by atoms with Crippen LogP contribution in [-0.2, 0) is 4.79 Å². The Labute approximate surface area is 168 Å². The molecule has 5 heteroatoms. The Balaban J connectivity index is 1.61. The van der Waals surface area contributed by atoms with Gasteiger partial charge in [0.15, 0.2) is 5.78 Å². The first kappa shape index (κ1) is 18.6. The Morgan fingerprint density at radius 2 is 1.48 bits per heavy atom. The third-order valence-corrected chi connectivity index (χ3v) is 5.20. The van der Waals surface area contributed by atoms with Gasteiger partial charge >= 0.3 is 5.97 Å². The monoisotopic (exact) mass is 385 g/mol. The molecule has 0 saturated heterocycles. The molecular formula is C24H19NO4. The van der Waals surface area contributed by atoms with E-state index in [4.69, 9.17) is 0 Å². The number of carbonyl (C=O) groups excluding carboxylic acids is 2. The number of aliphatic carboxylic acids is 1. The smallest absolute Gasteiger partial charge is 0.304 e. The molecule has 1 atom stereocenters. The Bertz CT molecular complexity index is 1100. The number of fused-ring (bicyclic) bond motifs is 3. The van der Waals surface area contributed by atoms with Crippen molar-refractivity contribution in [1.29, 1.82) is 0 Å². The Kier molecular flexibility index (Phi) is 4.96. The molecule has 0 heterocycles. The highest BCUT2D eigenvalue weighted by Crippen LogP contribution is 2.38. The minimum atomic E-state index is -0.923. The normalized spacial score (nSPS) is 12.8. The van der Waals surface area contributed by atoms with Crippen molar-refractivity contribution in [2.75, 3.05) is 6.54 Å². The van der Waals surface area contributed by atoms with Gasteiger partial charge in [-0.3, -0.25) is 14.4 Å². The van der Waals surface area contributed by atoms with Crippen LogP contribution >= 0.6 is 0 Å². The van der Waals surface area contributed by atoms with Crippen LogP contribution < -0.4 is 5.32 Å². The van der Waals surface area contributed by atoms with E-state index in [1.807, 2.05) is 42.5 Å². The van der Waals surface area contributed by atoms with E-state index >= 15 is 0 Å². The third-order valence-electron chi connectivity index (χ3n) is 5.20. The highest BCUT2D eigenvalue weighted by atomic mass is 16.4. The summed E-state index contributed by atoms with van der Waals surface area (Å²) in [6, 6.07) is 21.6. The average molecular weight is 385 g/mol. The number of carbonyl (C=O) groups is 3. The fourth-order valence-corrected chi connectivity index (χ4v) is 3.82. The van der Waals surface area contributed by atoms with E-state index in [9.17, 15) is 19.5 Å². The molecule has 1 aliphatic carbocycles. The van der Waals surface area contributed by atoms with Crippen molar-refractivity contribution in [1.82, 2.24) is 5.32 Å². The number of hydrogen-bond donors (Lipinski definition) is 2. The molecule has 3 aromatic carbocycles. The van der Waals surface area contributed by atoms with Crippen molar-refractivity contribution in [3.8, 4) is 11.1 Å². The van der Waals surface area contributed by atoms with Crippen molar-refractivity contribution in [2.45, 2.75) is 12.3 Å². The molecule has 0 saturated carbocycles. The highest BCUT2D eigenvalue weighted by Gasteiger charge is 2.30. The largest absolute Gasteiger partial charge is 0.481 e. The molecule has 0 aliphatic heterocycles. The van der Waals surface area contributed by atoms with Gasteiger partial charge in [0, 0.05) is 34.7 Å². The van der Waals surface area contributed by atoms with Crippen LogP contribution in [0.25, 0.3) is 11.1 Å². The predicted octanol–water partition coefficient (Wildman–Crippen LogP) is 3.89. The predicted molar refractivity (Wildman–Crippen MR) is 109 cm³/mol. The molecule has 29 heavy (non-hydrogen) atoms. The maximum absolute atomic E-state index is 13.0. The van der Waals surface area contributed by atoms with Crippen molar-refractivity contribution < 1.29 is 19.5 Å². The number of hydrogen-bond acceptors (Lipinski definition) is 3. The van der Waals surface area contributed by atoms with Gasteiger partial charge in [0.25, 0.3) is 5.91 Å². The van der Waals surface area contributed by atoms with Gasteiger partial charge in [-0.2, -0.15) is 0 Å². The van der Waals surface area contributed by atoms with Crippen LogP contribution in [-0.4, -0.2) is 29.3 Å². The van der Waals surface area contributed by atoms with Gasteiger partial charge in [-0.1, -0.05) is 66.7 Å². The van der Waals surface area contributed by atoms with E-state index in [0.29, 0.717) is 22.3 Å². The van der Waals surface area contributed by atoms with Crippen LogP contribution in [0.15, 0.2) is 72.8 Å². The fourth-order valence-electron chi connectivity index (χ4n) is 3.82. The zero-order valence-corrected chi connectivity index (χ0v) is 15.6. The van der Waals surface area contributed by atoms with Crippen LogP contribution in [0.1, 0.15) is 44.2 Å². The topological polar surface area (TPSA) is 83.5 Å². The van der Waals surface area contributed by atoms with E-state index in [-0.39, 0.29) is 30.6 Å². The van der Waals surface area contributed by atoms with Gasteiger partial charge in [-0.05, 0) is 17.2 Å². The number of carboxylic acid groups (broad SMARTS) is 1. The second-order valence-electron chi connectivity index (χ2n) is 7.02. The third kappa shape index (κ3) is 3.55. The average Bonchev–Trinajstić information content (AvgIpc) is 3.04. The molecule has 3 aromatic rings. The van der Waals surface area contributed by atoms with Crippen LogP contribution in [0.3, 0.4) is 0 Å². The van der Waals surface area contributed by atoms with Gasteiger partial charge in [-0.15, -0.1) is 0 Å². The van der Waals surface area contributed by atoms with Gasteiger partial charge < -0.3 is 10.4 Å². The minimum Gasteiger partial charge on any atom is -0.481 e. The summed E-state index contributed by atoms with van der Waals surface area (Å²) in [6.07, 6.45) is -0.0848. The molecule has 0 fully saturated rings. The summed E-state index contributed by atoms with van der Waals surface area (Å²) in [6.45, 7) is 0.189. The molecule has 0 radical (unpaired) electrons. The quantitative estimate of drug-likeness (QED) is 0.527. The summed E-state index contributed by atoms with van der Waals surface area (Å²) >= 11 is 0. The Morgan fingerprint density at radius 1 is 0.828 bits per heavy atom. The maximum atomic E-state index is 13.0. The molecule has 2 N–H and O–H groups in total. The molecule has 4 rings (SSSR count). The lowest BCUT2D eigenvalue weighted by Crippen LogP contribution is -2.30. The standard InChI is InChI=1S/C24H19NO4/c26-21(27)13-16(15-7-2-1-3-8-15)14-25-24(29)20-12-6-11-19-22(20)17-9-4-5-10-18(17)23(19)28/h1-12,16H,13-14H2,(H,25,29)(H,26,27). The van der Waals surface area contributed by atoms with Crippen molar-refractivity contribution in [3.63, 3.8) is 0 Å². The summed E-state index contributed by atoms with van der Waals surface area (Å²) in [4.78, 5) is 36.9. The summed E-state index contributed by atoms with van der Waals surface area (Å²) in [5.41, 5.74) is 3.78. The molecule has 0 aromatic heterocycles. The molecule has 5 nitrogen and oxygen atoms in total. The lowest BCUT2D eigenvalue weighted by molar-refractivity contribution is -0.137. The van der Waals surface area contributed by atoms with Crippen molar-refractivity contribution >= 4 is 17.7 Å². The van der Waals surface area contributed by atoms with E-state index in [0.717, 1.165) is 11.1 Å². The number of ketones is 1. The number of nitrogens with one attached hydrogen (secondary N) is 1. The number of rotatable bonds is 6. The van der Waals surface area contributed by atoms with Gasteiger partial charge in [0.05, 0.1) is 6.42 Å². The molecule has 1 amide bonds. The number of amides is 1. The Morgan fingerprint density at radius 3 is 2.21 bits per heavy atom. The SMILES string of the molecule is O=C(O)CC(CNC(=O)c1cccc2c1-c1ccccc1C2=O)c1ccccc1. The molecule has 1 unspecified atom stereocenters. The van der Waals surface area contributed by atoms with Crippen molar-refractivity contribution in [3.05, 3.63) is 95.1 Å². The van der Waals surface area contributed by atoms with Gasteiger partial charge in [0.1, 0.15) is 0 Å². The second-order valence-corrected chi connectivity index (χ2v) is 7.02. The van der Waals surface area contributed by atoms with Crippen LogP contribution in [0, 0.1) is 0 Å². The van der Waals surface area contributed by atoms with Crippen LogP contribution in [0.5, 0.6) is 0 Å². The first-order valence-electron chi connectivity index (χ1n) is 9.38. The lowest BCUT2D eigenvalue weighted by Gasteiger charge is -2.17. The second kappa shape index (κ2) is 7.72. The molecular weight excluding hydrogens is 366 g/mol. The van der Waals surface area contributed by atoms with Gasteiger partial charge in [-0.25, -0.2) is 0 Å². The number of benzene rings is 3. The zero-order valence-electron chi connectivity index (χ0n) is 15.6. The first-order chi connectivity index (χ1) is 14.1. The summed E-state index contributed by atoms with van der Waals surface area (Å²) in [5, 5.41) is 12.1. The molecule has 0 spiro atoms. The summed E-state index contributed by atoms with van der Waals surface area (Å²) < 4.78 is 0. The lowest BCUT2D eigenvalue weighted by atomic mass is 9.95.